The summed E-state index contributed by atoms with van der Waals surface area (Å²) in [5.41, 5.74) is 0.247. The number of carbonyl (C=O) groups is 1. The van der Waals surface area contributed by atoms with E-state index in [0.29, 0.717) is 23.4 Å². The van der Waals surface area contributed by atoms with Gasteiger partial charge in [-0.3, -0.25) is 14.7 Å². The van der Waals surface area contributed by atoms with Crippen LogP contribution in [-0.2, 0) is 10.0 Å². The third-order valence-electron chi connectivity index (χ3n) is 5.01. The summed E-state index contributed by atoms with van der Waals surface area (Å²) in [5.74, 6) is -0.217. The fourth-order valence-corrected chi connectivity index (χ4v) is 4.45. The first kappa shape index (κ1) is 18.8. The van der Waals surface area contributed by atoms with Crippen molar-refractivity contribution in [2.24, 2.45) is 5.14 Å². The van der Waals surface area contributed by atoms with E-state index in [2.05, 4.69) is 16.8 Å². The van der Waals surface area contributed by atoms with Gasteiger partial charge in [0.05, 0.1) is 4.90 Å². The predicted octanol–water partition coefficient (Wildman–Crippen LogP) is 1.44. The summed E-state index contributed by atoms with van der Waals surface area (Å²) < 4.78 is 23.6. The van der Waals surface area contributed by atoms with Crippen molar-refractivity contribution >= 4 is 26.7 Å². The number of carbonyl (C=O) groups excluding carboxylic acids is 1. The highest BCUT2D eigenvalue weighted by Crippen LogP contribution is 2.25. The van der Waals surface area contributed by atoms with Crippen molar-refractivity contribution < 1.29 is 13.2 Å². The molecule has 0 bridgehead atoms. The Kier molecular flexibility index (Phi) is 5.27. The van der Waals surface area contributed by atoms with Crippen molar-refractivity contribution in [2.75, 3.05) is 26.7 Å². The Morgan fingerprint density at radius 3 is 2.81 bits per heavy atom. The predicted molar refractivity (Wildman–Crippen MR) is 100 cm³/mol. The Morgan fingerprint density at radius 2 is 2.12 bits per heavy atom. The highest BCUT2D eigenvalue weighted by molar-refractivity contribution is 7.89. The largest absolute Gasteiger partial charge is 0.339 e. The molecule has 26 heavy (non-hydrogen) atoms. The topological polar surface area (TPSA) is 96.6 Å². The number of benzene rings is 1. The molecule has 1 aromatic carbocycles. The lowest BCUT2D eigenvalue weighted by atomic mass is 10.1. The molecule has 7 nitrogen and oxygen atoms in total. The summed E-state index contributed by atoms with van der Waals surface area (Å²) in [7, 11) is -2.12. The number of nitrogens with zero attached hydrogens (tertiary/aromatic N) is 3. The van der Waals surface area contributed by atoms with Crippen molar-refractivity contribution in [3.05, 3.63) is 36.2 Å². The Hall–Kier alpha value is -2.03. The molecule has 1 saturated heterocycles. The zero-order valence-electron chi connectivity index (χ0n) is 15.1. The van der Waals surface area contributed by atoms with Gasteiger partial charge < -0.3 is 4.90 Å². The lowest BCUT2D eigenvalue weighted by Crippen LogP contribution is -2.41. The van der Waals surface area contributed by atoms with Gasteiger partial charge in [-0.1, -0.05) is 19.1 Å². The minimum absolute atomic E-state index is 0.00190. The maximum absolute atomic E-state index is 13.0. The van der Waals surface area contributed by atoms with Crippen LogP contribution in [0.5, 0.6) is 0 Å². The summed E-state index contributed by atoms with van der Waals surface area (Å²) in [6.07, 6.45) is 3.67. The third kappa shape index (κ3) is 3.58. The van der Waals surface area contributed by atoms with Crippen molar-refractivity contribution in [2.45, 2.75) is 30.7 Å². The van der Waals surface area contributed by atoms with Crippen LogP contribution in [-0.4, -0.2) is 61.8 Å². The number of amides is 1. The van der Waals surface area contributed by atoms with Gasteiger partial charge >= 0.3 is 0 Å². The molecule has 1 aliphatic rings. The van der Waals surface area contributed by atoms with E-state index in [4.69, 9.17) is 5.14 Å². The molecule has 0 spiro atoms. The van der Waals surface area contributed by atoms with Gasteiger partial charge in [-0.05, 0) is 38.1 Å². The molecular formula is C18H24N4O3S. The SMILES string of the molecule is CCN1CCCC1CN(C)C(=O)c1nccc2c(S(N)(=O)=O)cccc12. The molecule has 1 amide bonds. The summed E-state index contributed by atoms with van der Waals surface area (Å²) in [6, 6.07) is 6.64. The summed E-state index contributed by atoms with van der Waals surface area (Å²) in [6.45, 7) is 4.78. The normalized spacial score (nSPS) is 18.3. The second kappa shape index (κ2) is 7.30. The molecular weight excluding hydrogens is 352 g/mol. The molecule has 2 N–H and O–H groups in total. The van der Waals surface area contributed by atoms with Crippen molar-refractivity contribution in [3.8, 4) is 0 Å². The monoisotopic (exact) mass is 376 g/mol. The van der Waals surface area contributed by atoms with E-state index in [-0.39, 0.29) is 16.5 Å². The van der Waals surface area contributed by atoms with Gasteiger partial charge in [-0.15, -0.1) is 0 Å². The van der Waals surface area contributed by atoms with Gasteiger partial charge in [0.25, 0.3) is 5.91 Å². The average molecular weight is 376 g/mol. The first-order chi connectivity index (χ1) is 12.3. The van der Waals surface area contributed by atoms with Crippen molar-refractivity contribution in [1.82, 2.24) is 14.8 Å². The maximum atomic E-state index is 13.0. The standard InChI is InChI=1S/C18H24N4O3S/c1-3-22-11-5-6-13(22)12-21(2)18(23)17-15-7-4-8-16(26(19,24)25)14(15)9-10-20-17/h4,7-10,13H,3,5-6,11-12H2,1-2H3,(H2,19,24,25). The molecule has 1 fully saturated rings. The second-order valence-electron chi connectivity index (χ2n) is 6.67. The third-order valence-corrected chi connectivity index (χ3v) is 5.98. The number of primary sulfonamides is 1. The number of likely N-dealkylation sites (tertiary alicyclic amines) is 1. The molecule has 140 valence electrons. The zero-order valence-corrected chi connectivity index (χ0v) is 15.9. The van der Waals surface area contributed by atoms with E-state index < -0.39 is 10.0 Å². The van der Waals surface area contributed by atoms with Crippen LogP contribution >= 0.6 is 0 Å². The van der Waals surface area contributed by atoms with Crippen LogP contribution in [0, 0.1) is 0 Å². The van der Waals surface area contributed by atoms with Crippen LogP contribution in [0.2, 0.25) is 0 Å². The minimum atomic E-state index is -3.88. The maximum Gasteiger partial charge on any atom is 0.272 e. The first-order valence-corrected chi connectivity index (χ1v) is 10.3. The Balaban J connectivity index is 1.93. The summed E-state index contributed by atoms with van der Waals surface area (Å²) in [5, 5.41) is 6.21. The van der Waals surface area contributed by atoms with E-state index in [1.807, 2.05) is 0 Å². The van der Waals surface area contributed by atoms with Gasteiger partial charge in [0.2, 0.25) is 10.0 Å². The number of likely N-dealkylation sites (N-methyl/N-ethyl adjacent to an activating group) is 2. The fourth-order valence-electron chi connectivity index (χ4n) is 3.69. The van der Waals surface area contributed by atoms with Crippen LogP contribution in [0.1, 0.15) is 30.3 Å². The van der Waals surface area contributed by atoms with Crippen LogP contribution in [0.15, 0.2) is 35.4 Å². The highest BCUT2D eigenvalue weighted by atomic mass is 32.2. The van der Waals surface area contributed by atoms with Crippen LogP contribution in [0.3, 0.4) is 0 Å². The molecule has 2 aromatic rings. The smallest absolute Gasteiger partial charge is 0.272 e. The van der Waals surface area contributed by atoms with Gasteiger partial charge in [0, 0.05) is 36.6 Å². The first-order valence-electron chi connectivity index (χ1n) is 8.73. The van der Waals surface area contributed by atoms with E-state index >= 15 is 0 Å². The number of rotatable bonds is 5. The van der Waals surface area contributed by atoms with Crippen LogP contribution in [0.4, 0.5) is 0 Å². The van der Waals surface area contributed by atoms with Gasteiger partial charge in [-0.25, -0.2) is 13.6 Å². The lowest BCUT2D eigenvalue weighted by molar-refractivity contribution is 0.0751. The molecule has 0 aliphatic carbocycles. The fraction of sp³-hybridized carbons (Fsp3) is 0.444. The molecule has 0 saturated carbocycles. The molecule has 1 unspecified atom stereocenters. The number of hydrogen-bond acceptors (Lipinski definition) is 5. The summed E-state index contributed by atoms with van der Waals surface area (Å²) in [4.78, 5) is 21.2. The Bertz CT molecular complexity index is 929. The zero-order chi connectivity index (χ0) is 18.9. The van der Waals surface area contributed by atoms with E-state index in [9.17, 15) is 13.2 Å². The van der Waals surface area contributed by atoms with Crippen molar-refractivity contribution in [1.29, 1.82) is 0 Å². The Morgan fingerprint density at radius 1 is 1.35 bits per heavy atom. The number of sulfonamides is 1. The minimum Gasteiger partial charge on any atom is -0.339 e. The van der Waals surface area contributed by atoms with Gasteiger partial charge in [0.15, 0.2) is 0 Å². The molecule has 1 aliphatic heterocycles. The molecule has 3 rings (SSSR count). The molecule has 8 heteroatoms. The molecule has 0 radical (unpaired) electrons. The number of aromatic nitrogens is 1. The van der Waals surface area contributed by atoms with Gasteiger partial charge in [0.1, 0.15) is 5.69 Å². The summed E-state index contributed by atoms with van der Waals surface area (Å²) >= 11 is 0. The lowest BCUT2D eigenvalue weighted by Gasteiger charge is -2.27. The average Bonchev–Trinajstić information content (AvgIpc) is 3.06. The highest BCUT2D eigenvalue weighted by Gasteiger charge is 2.27. The molecule has 1 aromatic heterocycles. The number of hydrogen-bond donors (Lipinski definition) is 1. The van der Waals surface area contributed by atoms with E-state index in [1.54, 1.807) is 30.1 Å². The van der Waals surface area contributed by atoms with E-state index in [0.717, 1.165) is 25.9 Å². The molecule has 1 atom stereocenters. The molecule has 2 heterocycles. The van der Waals surface area contributed by atoms with Crippen LogP contribution < -0.4 is 5.14 Å². The number of pyridine rings is 1. The second-order valence-corrected chi connectivity index (χ2v) is 8.20. The number of fused-ring (bicyclic) bond motifs is 1. The quantitative estimate of drug-likeness (QED) is 0.852. The number of nitrogens with two attached hydrogens (primary N) is 1. The van der Waals surface area contributed by atoms with E-state index in [1.165, 1.54) is 12.3 Å². The van der Waals surface area contributed by atoms with Gasteiger partial charge in [-0.2, -0.15) is 0 Å². The Labute approximate surface area is 153 Å². The van der Waals surface area contributed by atoms with Crippen LogP contribution in [0.25, 0.3) is 10.8 Å². The van der Waals surface area contributed by atoms with Crippen molar-refractivity contribution in [3.63, 3.8) is 0 Å².